The van der Waals surface area contributed by atoms with Crippen LogP contribution in [0.1, 0.15) is 35.6 Å². The smallest absolute Gasteiger partial charge is 0.120 e. The highest BCUT2D eigenvalue weighted by Gasteiger charge is 2.18. The van der Waals surface area contributed by atoms with Gasteiger partial charge in [-0.1, -0.05) is 12.1 Å². The Labute approximate surface area is 144 Å². The van der Waals surface area contributed by atoms with Gasteiger partial charge in [-0.3, -0.25) is 0 Å². The van der Waals surface area contributed by atoms with Crippen molar-refractivity contribution >= 4 is 0 Å². The third-order valence-corrected chi connectivity index (χ3v) is 4.61. The van der Waals surface area contributed by atoms with Crippen LogP contribution in [0, 0.1) is 6.92 Å². The summed E-state index contributed by atoms with van der Waals surface area (Å²) in [5.41, 5.74) is 7.51. The van der Waals surface area contributed by atoms with Crippen LogP contribution >= 0.6 is 0 Å². The molecule has 24 heavy (non-hydrogen) atoms. The molecule has 0 aromatic heterocycles. The Morgan fingerprint density at radius 1 is 1.04 bits per heavy atom. The minimum Gasteiger partial charge on any atom is -0.491 e. The van der Waals surface area contributed by atoms with Crippen LogP contribution in [0.3, 0.4) is 0 Å². The second kappa shape index (κ2) is 7.82. The summed E-state index contributed by atoms with van der Waals surface area (Å²) in [4.78, 5) is 0. The largest absolute Gasteiger partial charge is 0.491 e. The monoisotopic (exact) mass is 326 g/mol. The molecular formula is C21H26O3. The molecule has 3 rings (SSSR count). The fourth-order valence-electron chi connectivity index (χ4n) is 3.50. The number of aliphatic hydroxyl groups excluding tert-OH is 1. The van der Waals surface area contributed by atoms with Gasteiger partial charge < -0.3 is 14.6 Å². The standard InChI is InChI=1S/C21H26O3/c1-3-23-9-10-24-19-11-15(2)21-18(13-19)6-4-5-17-8-7-16(14-22)12-20(17)21/h7-8,11-13,22H,3-6,9-10,14H2,1-2H3. The minimum absolute atomic E-state index is 0.0836. The van der Waals surface area contributed by atoms with Crippen molar-refractivity contribution in [1.29, 1.82) is 0 Å². The van der Waals surface area contributed by atoms with Crippen LogP contribution < -0.4 is 4.74 Å². The molecule has 0 spiro atoms. The molecule has 0 radical (unpaired) electrons. The lowest BCUT2D eigenvalue weighted by Crippen LogP contribution is -2.07. The van der Waals surface area contributed by atoms with E-state index < -0.39 is 0 Å². The van der Waals surface area contributed by atoms with Crippen molar-refractivity contribution in [3.63, 3.8) is 0 Å². The number of aryl methyl sites for hydroxylation is 3. The first-order valence-corrected chi connectivity index (χ1v) is 8.80. The predicted octanol–water partition coefficient (Wildman–Crippen LogP) is 4.06. The molecule has 3 nitrogen and oxygen atoms in total. The summed E-state index contributed by atoms with van der Waals surface area (Å²) < 4.78 is 11.2. The fraction of sp³-hybridized carbons (Fsp3) is 0.429. The molecule has 0 bridgehead atoms. The summed E-state index contributed by atoms with van der Waals surface area (Å²) >= 11 is 0. The average Bonchev–Trinajstić information content (AvgIpc) is 2.77. The van der Waals surface area contributed by atoms with Crippen LogP contribution in [-0.4, -0.2) is 24.9 Å². The van der Waals surface area contributed by atoms with E-state index >= 15 is 0 Å². The van der Waals surface area contributed by atoms with E-state index in [4.69, 9.17) is 9.47 Å². The van der Waals surface area contributed by atoms with Crippen molar-refractivity contribution in [2.45, 2.75) is 39.7 Å². The Morgan fingerprint density at radius 3 is 2.67 bits per heavy atom. The van der Waals surface area contributed by atoms with Crippen molar-refractivity contribution in [2.75, 3.05) is 19.8 Å². The van der Waals surface area contributed by atoms with Gasteiger partial charge in [-0.05, 0) is 84.7 Å². The molecule has 0 unspecified atom stereocenters. The number of hydrogen-bond acceptors (Lipinski definition) is 3. The van der Waals surface area contributed by atoms with Gasteiger partial charge in [0.1, 0.15) is 12.4 Å². The van der Waals surface area contributed by atoms with Crippen LogP contribution in [0.4, 0.5) is 0 Å². The normalized spacial score (nSPS) is 13.1. The van der Waals surface area contributed by atoms with Gasteiger partial charge in [0, 0.05) is 6.61 Å². The molecular weight excluding hydrogens is 300 g/mol. The zero-order valence-corrected chi connectivity index (χ0v) is 14.6. The molecule has 0 fully saturated rings. The third kappa shape index (κ3) is 3.63. The molecule has 0 atom stereocenters. The van der Waals surface area contributed by atoms with Gasteiger partial charge >= 0.3 is 0 Å². The van der Waals surface area contributed by atoms with Crippen LogP contribution in [-0.2, 0) is 24.2 Å². The number of fused-ring (bicyclic) bond motifs is 3. The van der Waals surface area contributed by atoms with Crippen molar-refractivity contribution in [2.24, 2.45) is 0 Å². The zero-order chi connectivity index (χ0) is 16.9. The first kappa shape index (κ1) is 17.0. The molecule has 1 N–H and O–H groups in total. The molecule has 0 heterocycles. The highest BCUT2D eigenvalue weighted by molar-refractivity contribution is 5.76. The van der Waals surface area contributed by atoms with Gasteiger partial charge in [-0.15, -0.1) is 0 Å². The quantitative estimate of drug-likeness (QED) is 0.814. The number of rotatable bonds is 6. The predicted molar refractivity (Wildman–Crippen MR) is 96.6 cm³/mol. The molecule has 1 aliphatic carbocycles. The Balaban J connectivity index is 1.94. The fourth-order valence-corrected chi connectivity index (χ4v) is 3.50. The van der Waals surface area contributed by atoms with E-state index in [1.165, 1.54) is 27.8 Å². The summed E-state index contributed by atoms with van der Waals surface area (Å²) in [6, 6.07) is 10.6. The number of hydrogen-bond donors (Lipinski definition) is 1. The SMILES string of the molecule is CCOCCOc1cc(C)c2c(c1)CCCc1ccc(CO)cc1-2. The summed E-state index contributed by atoms with van der Waals surface area (Å²) in [5, 5.41) is 9.48. The van der Waals surface area contributed by atoms with Gasteiger partial charge in [0.15, 0.2) is 0 Å². The maximum absolute atomic E-state index is 9.48. The molecule has 0 saturated heterocycles. The summed E-state index contributed by atoms with van der Waals surface area (Å²) in [5.74, 6) is 0.924. The molecule has 128 valence electrons. The molecule has 2 aromatic carbocycles. The molecule has 2 aromatic rings. The Hall–Kier alpha value is -1.84. The van der Waals surface area contributed by atoms with Gasteiger partial charge in [-0.25, -0.2) is 0 Å². The first-order chi connectivity index (χ1) is 11.7. The highest BCUT2D eigenvalue weighted by Crippen LogP contribution is 2.37. The van der Waals surface area contributed by atoms with E-state index in [0.717, 1.165) is 37.2 Å². The number of benzene rings is 2. The third-order valence-electron chi connectivity index (χ3n) is 4.61. The summed E-state index contributed by atoms with van der Waals surface area (Å²) in [6.45, 7) is 6.14. The van der Waals surface area contributed by atoms with Crippen molar-refractivity contribution in [3.8, 4) is 16.9 Å². The Kier molecular flexibility index (Phi) is 5.54. The van der Waals surface area contributed by atoms with Crippen LogP contribution in [0.5, 0.6) is 5.75 Å². The topological polar surface area (TPSA) is 38.7 Å². The van der Waals surface area contributed by atoms with E-state index in [2.05, 4.69) is 31.2 Å². The summed E-state index contributed by atoms with van der Waals surface area (Å²) in [7, 11) is 0. The lowest BCUT2D eigenvalue weighted by molar-refractivity contribution is 0.110. The molecule has 0 saturated carbocycles. The van der Waals surface area contributed by atoms with Gasteiger partial charge in [0.25, 0.3) is 0 Å². The van der Waals surface area contributed by atoms with E-state index in [9.17, 15) is 5.11 Å². The minimum atomic E-state index is 0.0836. The molecule has 3 heteroatoms. The highest BCUT2D eigenvalue weighted by atomic mass is 16.5. The molecule has 1 aliphatic rings. The maximum atomic E-state index is 9.48. The molecule has 0 aliphatic heterocycles. The summed E-state index contributed by atoms with van der Waals surface area (Å²) in [6.07, 6.45) is 3.28. The number of aliphatic hydroxyl groups is 1. The van der Waals surface area contributed by atoms with Crippen molar-refractivity contribution in [3.05, 3.63) is 52.6 Å². The van der Waals surface area contributed by atoms with E-state index in [-0.39, 0.29) is 6.61 Å². The van der Waals surface area contributed by atoms with Crippen LogP contribution in [0.25, 0.3) is 11.1 Å². The van der Waals surface area contributed by atoms with Crippen LogP contribution in [0.15, 0.2) is 30.3 Å². The number of ether oxygens (including phenoxy) is 2. The zero-order valence-electron chi connectivity index (χ0n) is 14.6. The van der Waals surface area contributed by atoms with Crippen molar-refractivity contribution in [1.82, 2.24) is 0 Å². The van der Waals surface area contributed by atoms with Gasteiger partial charge in [0.2, 0.25) is 0 Å². The van der Waals surface area contributed by atoms with E-state index in [0.29, 0.717) is 13.2 Å². The van der Waals surface area contributed by atoms with Crippen molar-refractivity contribution < 1.29 is 14.6 Å². The van der Waals surface area contributed by atoms with Gasteiger partial charge in [-0.2, -0.15) is 0 Å². The second-order valence-corrected chi connectivity index (χ2v) is 6.32. The van der Waals surface area contributed by atoms with E-state index in [1.54, 1.807) is 0 Å². The maximum Gasteiger partial charge on any atom is 0.120 e. The lowest BCUT2D eigenvalue weighted by atomic mass is 9.91. The van der Waals surface area contributed by atoms with Crippen LogP contribution in [0.2, 0.25) is 0 Å². The Morgan fingerprint density at radius 2 is 1.88 bits per heavy atom. The lowest BCUT2D eigenvalue weighted by Gasteiger charge is -2.16. The molecule has 0 amide bonds. The average molecular weight is 326 g/mol. The van der Waals surface area contributed by atoms with Gasteiger partial charge in [0.05, 0.1) is 13.2 Å². The van der Waals surface area contributed by atoms with E-state index in [1.807, 2.05) is 13.0 Å². The first-order valence-electron chi connectivity index (χ1n) is 8.80. The second-order valence-electron chi connectivity index (χ2n) is 6.32. The Bertz CT molecular complexity index is 706.